The van der Waals surface area contributed by atoms with Gasteiger partial charge in [-0.15, -0.1) is 0 Å². The van der Waals surface area contributed by atoms with Gasteiger partial charge in [-0.1, -0.05) is 12.8 Å². The maximum Gasteiger partial charge on any atom is 0.251 e. The Morgan fingerprint density at radius 1 is 1.42 bits per heavy atom. The molecule has 0 bridgehead atoms. The smallest absolute Gasteiger partial charge is 0.251 e. The Morgan fingerprint density at radius 2 is 2.16 bits per heavy atom. The summed E-state index contributed by atoms with van der Waals surface area (Å²) in [5.74, 6) is 1.09. The van der Waals surface area contributed by atoms with Gasteiger partial charge in [0.05, 0.1) is 0 Å². The molecule has 4 nitrogen and oxygen atoms in total. The van der Waals surface area contributed by atoms with Crippen LogP contribution in [0.5, 0.6) is 0 Å². The monoisotopic (exact) mass is 261 g/mol. The number of aryl methyl sites for hydroxylation is 1. The van der Waals surface area contributed by atoms with Crippen molar-refractivity contribution in [2.45, 2.75) is 32.6 Å². The van der Waals surface area contributed by atoms with Gasteiger partial charge in [0.15, 0.2) is 0 Å². The molecule has 3 N–H and O–H groups in total. The lowest BCUT2D eigenvalue weighted by molar-refractivity contribution is 0.0935. The van der Waals surface area contributed by atoms with Gasteiger partial charge in [-0.05, 0) is 50.3 Å². The van der Waals surface area contributed by atoms with E-state index in [1.165, 1.54) is 25.7 Å². The molecular weight excluding hydrogens is 238 g/mol. The zero-order chi connectivity index (χ0) is 13.7. The lowest BCUT2D eigenvalue weighted by atomic mass is 9.79. The minimum absolute atomic E-state index is 0.00755. The lowest BCUT2D eigenvalue weighted by Gasteiger charge is -2.30. The zero-order valence-electron chi connectivity index (χ0n) is 11.6. The third-order valence-corrected chi connectivity index (χ3v) is 4.05. The number of carbonyl (C=O) groups is 1. The van der Waals surface area contributed by atoms with Gasteiger partial charge in [-0.3, -0.25) is 9.78 Å². The van der Waals surface area contributed by atoms with E-state index < -0.39 is 0 Å². The zero-order valence-corrected chi connectivity index (χ0v) is 11.6. The summed E-state index contributed by atoms with van der Waals surface area (Å²) in [6, 6.07) is 3.57. The van der Waals surface area contributed by atoms with Crippen molar-refractivity contribution in [3.8, 4) is 0 Å². The highest BCUT2D eigenvalue weighted by Crippen LogP contribution is 2.28. The number of nitrogens with one attached hydrogen (secondary N) is 1. The topological polar surface area (TPSA) is 68.0 Å². The lowest BCUT2D eigenvalue weighted by Crippen LogP contribution is -2.36. The molecule has 1 saturated carbocycles. The van der Waals surface area contributed by atoms with Crippen molar-refractivity contribution in [2.75, 3.05) is 13.1 Å². The van der Waals surface area contributed by atoms with Gasteiger partial charge in [-0.25, -0.2) is 0 Å². The van der Waals surface area contributed by atoms with Crippen LogP contribution < -0.4 is 11.1 Å². The predicted molar refractivity (Wildman–Crippen MR) is 75.8 cm³/mol. The first-order valence-electron chi connectivity index (χ1n) is 7.11. The van der Waals surface area contributed by atoms with Crippen molar-refractivity contribution in [1.29, 1.82) is 0 Å². The molecule has 4 heteroatoms. The molecule has 2 unspecified atom stereocenters. The molecule has 1 aromatic rings. The van der Waals surface area contributed by atoms with Gasteiger partial charge in [0.1, 0.15) is 0 Å². The average Bonchev–Trinajstić information content (AvgIpc) is 2.45. The van der Waals surface area contributed by atoms with Crippen molar-refractivity contribution < 1.29 is 4.79 Å². The van der Waals surface area contributed by atoms with Crippen molar-refractivity contribution in [2.24, 2.45) is 17.6 Å². The van der Waals surface area contributed by atoms with Crippen LogP contribution in [0.1, 0.15) is 41.7 Å². The van der Waals surface area contributed by atoms with Gasteiger partial charge in [-0.2, -0.15) is 0 Å². The summed E-state index contributed by atoms with van der Waals surface area (Å²) < 4.78 is 0. The van der Waals surface area contributed by atoms with E-state index in [1.54, 1.807) is 12.3 Å². The van der Waals surface area contributed by atoms with Crippen LogP contribution in [-0.4, -0.2) is 24.0 Å². The Morgan fingerprint density at radius 3 is 2.84 bits per heavy atom. The fourth-order valence-corrected chi connectivity index (χ4v) is 2.88. The third kappa shape index (κ3) is 3.77. The minimum Gasteiger partial charge on any atom is -0.352 e. The van der Waals surface area contributed by atoms with E-state index in [9.17, 15) is 4.79 Å². The molecule has 1 aromatic heterocycles. The van der Waals surface area contributed by atoms with Gasteiger partial charge in [0, 0.05) is 24.0 Å². The second kappa shape index (κ2) is 6.66. The standard InChI is InChI=1S/C15H23N3O/c1-11-8-12(6-7-17-11)15(19)18-10-14-5-3-2-4-13(14)9-16/h6-8,13-14H,2-5,9-10,16H2,1H3,(H,18,19). The number of rotatable bonds is 4. The molecule has 1 aliphatic carbocycles. The van der Waals surface area contributed by atoms with Crippen molar-refractivity contribution in [1.82, 2.24) is 10.3 Å². The molecule has 0 spiro atoms. The molecule has 1 aliphatic rings. The van der Waals surface area contributed by atoms with E-state index in [0.29, 0.717) is 17.4 Å². The van der Waals surface area contributed by atoms with Crippen LogP contribution in [0, 0.1) is 18.8 Å². The molecule has 104 valence electrons. The average molecular weight is 261 g/mol. The molecule has 1 heterocycles. The van der Waals surface area contributed by atoms with E-state index >= 15 is 0 Å². The first kappa shape index (κ1) is 14.0. The number of amides is 1. The van der Waals surface area contributed by atoms with Crippen molar-refractivity contribution in [3.63, 3.8) is 0 Å². The van der Waals surface area contributed by atoms with E-state index in [2.05, 4.69) is 10.3 Å². The summed E-state index contributed by atoms with van der Waals surface area (Å²) in [6.45, 7) is 3.36. The number of nitrogens with zero attached hydrogens (tertiary/aromatic N) is 1. The Bertz CT molecular complexity index is 433. The normalized spacial score (nSPS) is 23.1. The van der Waals surface area contributed by atoms with Gasteiger partial charge in [0.25, 0.3) is 5.91 Å². The number of hydrogen-bond donors (Lipinski definition) is 2. The van der Waals surface area contributed by atoms with Gasteiger partial charge in [0.2, 0.25) is 0 Å². The Balaban J connectivity index is 1.89. The van der Waals surface area contributed by atoms with Crippen LogP contribution in [0.2, 0.25) is 0 Å². The number of hydrogen-bond acceptors (Lipinski definition) is 3. The Hall–Kier alpha value is -1.42. The first-order valence-corrected chi connectivity index (χ1v) is 7.11. The molecule has 0 aromatic carbocycles. The van der Waals surface area contributed by atoms with E-state index in [0.717, 1.165) is 18.8 Å². The summed E-state index contributed by atoms with van der Waals surface area (Å²) in [7, 11) is 0. The number of aromatic nitrogens is 1. The highest BCUT2D eigenvalue weighted by Gasteiger charge is 2.24. The van der Waals surface area contributed by atoms with E-state index in [1.807, 2.05) is 13.0 Å². The largest absolute Gasteiger partial charge is 0.352 e. The molecule has 2 atom stereocenters. The van der Waals surface area contributed by atoms with Crippen LogP contribution in [-0.2, 0) is 0 Å². The molecule has 0 aliphatic heterocycles. The molecule has 0 radical (unpaired) electrons. The molecular formula is C15H23N3O. The summed E-state index contributed by atoms with van der Waals surface area (Å²) in [6.07, 6.45) is 6.58. The molecule has 19 heavy (non-hydrogen) atoms. The fourth-order valence-electron chi connectivity index (χ4n) is 2.88. The van der Waals surface area contributed by atoms with Crippen LogP contribution in [0.25, 0.3) is 0 Å². The quantitative estimate of drug-likeness (QED) is 0.869. The molecule has 0 saturated heterocycles. The van der Waals surface area contributed by atoms with E-state index in [-0.39, 0.29) is 5.91 Å². The summed E-state index contributed by atoms with van der Waals surface area (Å²) in [5.41, 5.74) is 7.36. The summed E-state index contributed by atoms with van der Waals surface area (Å²) in [4.78, 5) is 16.2. The SMILES string of the molecule is Cc1cc(C(=O)NCC2CCCCC2CN)ccn1. The highest BCUT2D eigenvalue weighted by molar-refractivity contribution is 5.94. The molecule has 1 amide bonds. The number of carbonyl (C=O) groups excluding carboxylic acids is 1. The molecule has 2 rings (SSSR count). The fraction of sp³-hybridized carbons (Fsp3) is 0.600. The van der Waals surface area contributed by atoms with Crippen LogP contribution in [0.3, 0.4) is 0 Å². The highest BCUT2D eigenvalue weighted by atomic mass is 16.1. The second-order valence-corrected chi connectivity index (χ2v) is 5.44. The minimum atomic E-state index is -0.00755. The van der Waals surface area contributed by atoms with Crippen molar-refractivity contribution in [3.05, 3.63) is 29.6 Å². The van der Waals surface area contributed by atoms with E-state index in [4.69, 9.17) is 5.73 Å². The maximum absolute atomic E-state index is 12.1. The van der Waals surface area contributed by atoms with Gasteiger partial charge >= 0.3 is 0 Å². The molecule has 1 fully saturated rings. The summed E-state index contributed by atoms with van der Waals surface area (Å²) in [5, 5.41) is 3.04. The number of nitrogens with two attached hydrogens (primary N) is 1. The summed E-state index contributed by atoms with van der Waals surface area (Å²) >= 11 is 0. The second-order valence-electron chi connectivity index (χ2n) is 5.44. The van der Waals surface area contributed by atoms with Gasteiger partial charge < -0.3 is 11.1 Å². The van der Waals surface area contributed by atoms with Crippen molar-refractivity contribution >= 4 is 5.91 Å². The van der Waals surface area contributed by atoms with Crippen LogP contribution in [0.15, 0.2) is 18.3 Å². The van der Waals surface area contributed by atoms with Crippen LogP contribution >= 0.6 is 0 Å². The Labute approximate surface area is 114 Å². The maximum atomic E-state index is 12.1. The predicted octanol–water partition coefficient (Wildman–Crippen LogP) is 1.88. The van der Waals surface area contributed by atoms with Crippen LogP contribution in [0.4, 0.5) is 0 Å². The Kier molecular flexibility index (Phi) is 4.91. The first-order chi connectivity index (χ1) is 9.20. The number of pyridine rings is 1. The third-order valence-electron chi connectivity index (χ3n) is 4.05.